The monoisotopic (exact) mass is 345 g/mol. The van der Waals surface area contributed by atoms with Gasteiger partial charge in [0.15, 0.2) is 17.7 Å². The molecule has 1 aromatic heterocycles. The van der Waals surface area contributed by atoms with Crippen molar-refractivity contribution < 1.29 is 24.1 Å². The second kappa shape index (κ2) is 5.53. The molecule has 0 saturated carbocycles. The molecule has 3 heterocycles. The molecule has 2 aliphatic heterocycles. The van der Waals surface area contributed by atoms with Gasteiger partial charge in [0.1, 0.15) is 23.5 Å². The predicted octanol–water partition coefficient (Wildman–Crippen LogP) is -0.595. The number of rotatable bonds is 3. The Kier molecular flexibility index (Phi) is 3.93. The Bertz CT molecular complexity index is 705. The fraction of sp³-hybridized carbons (Fsp3) is 0.615. The quantitative estimate of drug-likeness (QED) is 0.749. The highest BCUT2D eigenvalue weighted by Crippen LogP contribution is 2.42. The van der Waals surface area contributed by atoms with Crippen molar-refractivity contribution >= 4 is 17.5 Å². The minimum absolute atomic E-state index is 0.0934. The minimum atomic E-state index is -0.997. The number of halogens is 1. The first-order chi connectivity index (χ1) is 10.7. The van der Waals surface area contributed by atoms with Gasteiger partial charge in [0, 0.05) is 6.20 Å². The Balaban J connectivity index is 2.05. The van der Waals surface area contributed by atoms with Gasteiger partial charge in [-0.3, -0.25) is 14.2 Å². The number of nitrogens with zero attached hydrogens (tertiary/aromatic N) is 2. The van der Waals surface area contributed by atoms with E-state index in [4.69, 9.17) is 31.5 Å². The summed E-state index contributed by atoms with van der Waals surface area (Å²) in [7, 11) is 0. The van der Waals surface area contributed by atoms with Crippen LogP contribution in [0.2, 0.25) is 5.15 Å². The van der Waals surface area contributed by atoms with Gasteiger partial charge < -0.3 is 25.1 Å². The molecule has 1 amide bonds. The van der Waals surface area contributed by atoms with E-state index in [0.717, 1.165) is 4.57 Å². The highest BCUT2D eigenvalue weighted by Gasteiger charge is 2.56. The number of aromatic nitrogens is 2. The smallest absolute Gasteiger partial charge is 0.284 e. The predicted molar refractivity (Wildman–Crippen MR) is 76.8 cm³/mol. The number of ether oxygens (including phenoxy) is 3. The number of hydrogen-bond donors (Lipinski definition) is 2. The van der Waals surface area contributed by atoms with Crippen molar-refractivity contribution in [2.24, 2.45) is 5.73 Å². The Labute approximate surface area is 135 Å². The van der Waals surface area contributed by atoms with Gasteiger partial charge >= 0.3 is 0 Å². The van der Waals surface area contributed by atoms with Gasteiger partial charge in [-0.2, -0.15) is 0 Å². The summed E-state index contributed by atoms with van der Waals surface area (Å²) in [4.78, 5) is 27.4. The zero-order valence-electron chi connectivity index (χ0n) is 12.4. The molecule has 126 valence electrons. The van der Waals surface area contributed by atoms with Crippen LogP contribution in [0.4, 0.5) is 0 Å². The van der Waals surface area contributed by atoms with Crippen LogP contribution in [-0.2, 0) is 14.2 Å². The molecule has 4 atom stereocenters. The first-order valence-corrected chi connectivity index (χ1v) is 7.32. The van der Waals surface area contributed by atoms with Crippen molar-refractivity contribution in [3.05, 3.63) is 27.4 Å². The third-order valence-electron chi connectivity index (χ3n) is 3.71. The van der Waals surface area contributed by atoms with E-state index in [1.54, 1.807) is 13.8 Å². The first-order valence-electron chi connectivity index (χ1n) is 6.94. The average molecular weight is 346 g/mol. The largest absolute Gasteiger partial charge is 0.394 e. The fourth-order valence-electron chi connectivity index (χ4n) is 2.86. The molecule has 10 heteroatoms. The summed E-state index contributed by atoms with van der Waals surface area (Å²) in [6.45, 7) is 3.12. The van der Waals surface area contributed by atoms with E-state index in [-0.39, 0.29) is 11.8 Å². The zero-order valence-corrected chi connectivity index (χ0v) is 13.2. The van der Waals surface area contributed by atoms with Gasteiger partial charge in [-0.1, -0.05) is 11.6 Å². The summed E-state index contributed by atoms with van der Waals surface area (Å²) < 4.78 is 18.2. The SMILES string of the molecule is CC1(C)OC2C(CO)OC(n3cc(Cl)nc(C(N)=O)c3=O)C2O1. The van der Waals surface area contributed by atoms with Crippen LogP contribution in [0.5, 0.6) is 0 Å². The van der Waals surface area contributed by atoms with Crippen molar-refractivity contribution in [2.75, 3.05) is 6.61 Å². The molecule has 0 spiro atoms. The average Bonchev–Trinajstić information content (AvgIpc) is 2.93. The third-order valence-corrected chi connectivity index (χ3v) is 3.90. The van der Waals surface area contributed by atoms with E-state index in [2.05, 4.69) is 4.98 Å². The maximum absolute atomic E-state index is 12.4. The summed E-state index contributed by atoms with van der Waals surface area (Å²) >= 11 is 5.86. The summed E-state index contributed by atoms with van der Waals surface area (Å²) in [6.07, 6.45) is -1.59. The number of aliphatic hydroxyl groups is 1. The molecule has 2 fully saturated rings. The molecular formula is C13H16ClN3O6. The molecule has 2 aliphatic rings. The minimum Gasteiger partial charge on any atom is -0.394 e. The molecule has 4 unspecified atom stereocenters. The van der Waals surface area contributed by atoms with E-state index in [1.807, 2.05) is 0 Å². The maximum Gasteiger partial charge on any atom is 0.284 e. The Morgan fingerprint density at radius 1 is 1.48 bits per heavy atom. The van der Waals surface area contributed by atoms with Crippen molar-refractivity contribution in [1.29, 1.82) is 0 Å². The van der Waals surface area contributed by atoms with Crippen LogP contribution in [0, 0.1) is 0 Å². The number of hydrogen-bond acceptors (Lipinski definition) is 7. The maximum atomic E-state index is 12.4. The summed E-state index contributed by atoms with van der Waals surface area (Å²) in [5.74, 6) is -1.89. The molecule has 9 nitrogen and oxygen atoms in total. The number of carbonyl (C=O) groups excluding carboxylic acids is 1. The molecule has 0 radical (unpaired) electrons. The van der Waals surface area contributed by atoms with Crippen molar-refractivity contribution in [2.45, 2.75) is 44.2 Å². The number of primary amides is 1. The molecule has 0 bridgehead atoms. The zero-order chi connectivity index (χ0) is 16.9. The van der Waals surface area contributed by atoms with Crippen molar-refractivity contribution in [3.63, 3.8) is 0 Å². The standard InChI is InChI=1S/C13H16ClN3O6/c1-13(2)22-8-5(4-18)21-12(9(8)23-13)17-3-6(14)16-7(10(15)19)11(17)20/h3,5,8-9,12,18H,4H2,1-2H3,(H2,15,19). The normalized spacial score (nSPS) is 32.0. The molecule has 2 saturated heterocycles. The lowest BCUT2D eigenvalue weighted by atomic mass is 10.1. The van der Waals surface area contributed by atoms with E-state index in [0.29, 0.717) is 0 Å². The summed E-state index contributed by atoms with van der Waals surface area (Å²) in [5, 5.41) is 9.36. The number of aliphatic hydroxyl groups excluding tert-OH is 1. The number of nitrogens with two attached hydrogens (primary N) is 1. The highest BCUT2D eigenvalue weighted by atomic mass is 35.5. The van der Waals surface area contributed by atoms with Crippen LogP contribution in [0.25, 0.3) is 0 Å². The van der Waals surface area contributed by atoms with Crippen LogP contribution in [-0.4, -0.2) is 51.3 Å². The lowest BCUT2D eigenvalue weighted by Crippen LogP contribution is -2.37. The van der Waals surface area contributed by atoms with E-state index < -0.39 is 47.5 Å². The van der Waals surface area contributed by atoms with Gasteiger partial charge in [-0.25, -0.2) is 4.98 Å². The lowest BCUT2D eigenvalue weighted by Gasteiger charge is -2.24. The molecule has 3 N–H and O–H groups in total. The van der Waals surface area contributed by atoms with Crippen LogP contribution < -0.4 is 11.3 Å². The van der Waals surface area contributed by atoms with Crippen LogP contribution in [0.15, 0.2) is 11.0 Å². The van der Waals surface area contributed by atoms with Crippen LogP contribution in [0.1, 0.15) is 30.6 Å². The van der Waals surface area contributed by atoms with Gasteiger partial charge in [0.2, 0.25) is 0 Å². The number of carbonyl (C=O) groups is 1. The molecule has 1 aromatic rings. The van der Waals surface area contributed by atoms with E-state index in [1.165, 1.54) is 6.20 Å². The molecule has 0 aliphatic carbocycles. The fourth-order valence-corrected chi connectivity index (χ4v) is 3.05. The van der Waals surface area contributed by atoms with Crippen LogP contribution in [0.3, 0.4) is 0 Å². The summed E-state index contributed by atoms with van der Waals surface area (Å²) in [6, 6.07) is 0. The third kappa shape index (κ3) is 2.74. The van der Waals surface area contributed by atoms with Crippen molar-refractivity contribution in [3.8, 4) is 0 Å². The van der Waals surface area contributed by atoms with Gasteiger partial charge in [-0.05, 0) is 13.8 Å². The second-order valence-corrected chi connectivity index (χ2v) is 6.19. The highest BCUT2D eigenvalue weighted by molar-refractivity contribution is 6.29. The Morgan fingerprint density at radius 3 is 2.74 bits per heavy atom. The van der Waals surface area contributed by atoms with Gasteiger partial charge in [0.05, 0.1) is 6.61 Å². The number of amides is 1. The van der Waals surface area contributed by atoms with E-state index in [9.17, 15) is 14.7 Å². The van der Waals surface area contributed by atoms with E-state index >= 15 is 0 Å². The number of fused-ring (bicyclic) bond motifs is 1. The molecule has 3 rings (SSSR count). The second-order valence-electron chi connectivity index (χ2n) is 5.80. The lowest BCUT2D eigenvalue weighted by molar-refractivity contribution is -0.200. The Hall–Kier alpha value is -1.52. The van der Waals surface area contributed by atoms with Crippen molar-refractivity contribution in [1.82, 2.24) is 9.55 Å². The van der Waals surface area contributed by atoms with Crippen LogP contribution >= 0.6 is 11.6 Å². The molecular weight excluding hydrogens is 330 g/mol. The van der Waals surface area contributed by atoms with Gasteiger partial charge in [0.25, 0.3) is 11.5 Å². The Morgan fingerprint density at radius 2 is 2.13 bits per heavy atom. The first kappa shape index (κ1) is 16.3. The van der Waals surface area contributed by atoms with Gasteiger partial charge in [-0.15, -0.1) is 0 Å². The summed E-state index contributed by atoms with van der Waals surface area (Å²) in [5.41, 5.74) is 3.89. The molecule has 23 heavy (non-hydrogen) atoms. The topological polar surface area (TPSA) is 126 Å². The molecule has 0 aromatic carbocycles.